The number of rotatable bonds is 62. The van der Waals surface area contributed by atoms with Crippen molar-refractivity contribution in [2.24, 2.45) is 0 Å². The van der Waals surface area contributed by atoms with Crippen LogP contribution in [-0.4, -0.2) is 37.2 Å². The first-order valence-corrected chi connectivity index (χ1v) is 33.2. The minimum Gasteiger partial charge on any atom is -0.462 e. The molecule has 0 N–H and O–H groups in total. The van der Waals surface area contributed by atoms with E-state index < -0.39 is 6.10 Å². The van der Waals surface area contributed by atoms with Gasteiger partial charge in [-0.25, -0.2) is 0 Å². The minimum absolute atomic E-state index is 0.0672. The molecule has 0 aromatic heterocycles. The number of allylic oxidation sites excluding steroid dienone is 2. The van der Waals surface area contributed by atoms with Gasteiger partial charge in [-0.1, -0.05) is 328 Å². The fraction of sp³-hybridized carbons (Fsp3) is 0.925. The molecule has 73 heavy (non-hydrogen) atoms. The predicted octanol–water partition coefficient (Wildman–Crippen LogP) is 22.4. The van der Waals surface area contributed by atoms with E-state index in [9.17, 15) is 14.4 Å². The lowest BCUT2D eigenvalue weighted by atomic mass is 10.0. The topological polar surface area (TPSA) is 78.9 Å². The van der Waals surface area contributed by atoms with Gasteiger partial charge >= 0.3 is 17.9 Å². The molecule has 0 aliphatic carbocycles. The van der Waals surface area contributed by atoms with Gasteiger partial charge in [0.25, 0.3) is 0 Å². The van der Waals surface area contributed by atoms with Crippen molar-refractivity contribution in [1.29, 1.82) is 0 Å². The summed E-state index contributed by atoms with van der Waals surface area (Å²) in [5.41, 5.74) is 0. The van der Waals surface area contributed by atoms with Crippen molar-refractivity contribution in [3.05, 3.63) is 12.2 Å². The van der Waals surface area contributed by atoms with Crippen LogP contribution in [0.25, 0.3) is 0 Å². The molecule has 6 nitrogen and oxygen atoms in total. The van der Waals surface area contributed by atoms with Gasteiger partial charge < -0.3 is 14.2 Å². The van der Waals surface area contributed by atoms with Gasteiger partial charge in [0.05, 0.1) is 0 Å². The number of unbranched alkanes of at least 4 members (excludes halogenated alkanes) is 49. The van der Waals surface area contributed by atoms with Gasteiger partial charge in [0.2, 0.25) is 0 Å². The Morgan fingerprint density at radius 2 is 0.452 bits per heavy atom. The molecule has 0 aliphatic rings. The van der Waals surface area contributed by atoms with Crippen molar-refractivity contribution in [3.63, 3.8) is 0 Å². The number of esters is 3. The molecule has 0 spiro atoms. The summed E-state index contributed by atoms with van der Waals surface area (Å²) in [5, 5.41) is 0. The monoisotopic (exact) mass is 1030 g/mol. The smallest absolute Gasteiger partial charge is 0.306 e. The summed E-state index contributed by atoms with van der Waals surface area (Å²) in [7, 11) is 0. The Hall–Kier alpha value is -1.85. The Morgan fingerprint density at radius 3 is 0.685 bits per heavy atom. The third-order valence-electron chi connectivity index (χ3n) is 15.3. The van der Waals surface area contributed by atoms with Gasteiger partial charge in [-0.05, 0) is 44.9 Å². The number of carbonyl (C=O) groups is 3. The van der Waals surface area contributed by atoms with Crippen LogP contribution < -0.4 is 0 Å². The highest BCUT2D eigenvalue weighted by atomic mass is 16.6. The van der Waals surface area contributed by atoms with Crippen molar-refractivity contribution in [2.75, 3.05) is 13.2 Å². The highest BCUT2D eigenvalue weighted by Gasteiger charge is 2.19. The quantitative estimate of drug-likeness (QED) is 0.0261. The maximum atomic E-state index is 12.8. The zero-order valence-corrected chi connectivity index (χ0v) is 49.7. The number of carbonyl (C=O) groups excluding carboxylic acids is 3. The van der Waals surface area contributed by atoms with E-state index in [-0.39, 0.29) is 31.1 Å². The molecule has 0 bridgehead atoms. The number of hydrogen-bond donors (Lipinski definition) is 0. The van der Waals surface area contributed by atoms with Gasteiger partial charge in [0.15, 0.2) is 6.10 Å². The second kappa shape index (κ2) is 62.7. The number of ether oxygens (including phenoxy) is 3. The Labute approximate surface area is 456 Å². The van der Waals surface area contributed by atoms with E-state index in [4.69, 9.17) is 14.2 Å². The summed E-state index contributed by atoms with van der Waals surface area (Å²) in [4.78, 5) is 37.9. The van der Waals surface area contributed by atoms with Crippen molar-refractivity contribution in [2.45, 2.75) is 386 Å². The predicted molar refractivity (Wildman–Crippen MR) is 317 cm³/mol. The molecule has 0 saturated carbocycles. The second-order valence-corrected chi connectivity index (χ2v) is 22.7. The average Bonchev–Trinajstić information content (AvgIpc) is 3.39. The molecule has 1 unspecified atom stereocenters. The first-order valence-electron chi connectivity index (χ1n) is 33.2. The molecule has 432 valence electrons. The van der Waals surface area contributed by atoms with Crippen molar-refractivity contribution >= 4 is 17.9 Å². The summed E-state index contributed by atoms with van der Waals surface area (Å²) in [6, 6.07) is 0. The SMILES string of the molecule is CCCCCCCCC/C=C\CCCCCCCCCC(=O)OC(COC(=O)CCCCCCC)COC(=O)CCCCCCCCCCCCCCCCCCCCCCCCCCCCCCCCCC. The van der Waals surface area contributed by atoms with E-state index in [2.05, 4.69) is 32.9 Å². The third kappa shape index (κ3) is 60.9. The van der Waals surface area contributed by atoms with Crippen LogP contribution in [0.3, 0.4) is 0 Å². The molecule has 0 radical (unpaired) electrons. The standard InChI is InChI=1S/C67H128O6/c1-4-7-10-13-15-17-19-21-23-25-27-28-29-30-31-32-33-34-35-36-37-38-39-40-42-43-45-47-49-51-54-57-60-66(69)72-63-64(62-71-65(68)59-56-53-12-9-6-3)73-67(70)61-58-55-52-50-48-46-44-41-26-24-22-20-18-16-14-11-8-5-2/h24,26,64H,4-23,25,27-63H2,1-3H3/b26-24-. The fourth-order valence-electron chi connectivity index (χ4n) is 10.3. The molecule has 0 fully saturated rings. The van der Waals surface area contributed by atoms with E-state index in [1.54, 1.807) is 0 Å². The van der Waals surface area contributed by atoms with Gasteiger partial charge in [-0.2, -0.15) is 0 Å². The molecule has 1 atom stereocenters. The molecule has 6 heteroatoms. The van der Waals surface area contributed by atoms with Crippen LogP contribution in [0.5, 0.6) is 0 Å². The maximum Gasteiger partial charge on any atom is 0.306 e. The summed E-state index contributed by atoms with van der Waals surface area (Å²) >= 11 is 0. The van der Waals surface area contributed by atoms with Crippen LogP contribution in [0, 0.1) is 0 Å². The maximum absolute atomic E-state index is 12.8. The van der Waals surface area contributed by atoms with Crippen molar-refractivity contribution in [1.82, 2.24) is 0 Å². The minimum atomic E-state index is -0.765. The lowest BCUT2D eigenvalue weighted by Crippen LogP contribution is -2.30. The zero-order chi connectivity index (χ0) is 52.9. The summed E-state index contributed by atoms with van der Waals surface area (Å²) < 4.78 is 16.8. The molecule has 0 aromatic rings. The van der Waals surface area contributed by atoms with E-state index in [1.165, 1.54) is 276 Å². The van der Waals surface area contributed by atoms with Crippen LogP contribution in [0.1, 0.15) is 380 Å². The zero-order valence-electron chi connectivity index (χ0n) is 49.7. The van der Waals surface area contributed by atoms with Crippen LogP contribution in [0.4, 0.5) is 0 Å². The first-order chi connectivity index (χ1) is 36.0. The van der Waals surface area contributed by atoms with Crippen LogP contribution in [0.15, 0.2) is 12.2 Å². The van der Waals surface area contributed by atoms with Crippen molar-refractivity contribution in [3.8, 4) is 0 Å². The molecule has 0 amide bonds. The van der Waals surface area contributed by atoms with E-state index in [1.807, 2.05) is 0 Å². The fourth-order valence-corrected chi connectivity index (χ4v) is 10.3. The van der Waals surface area contributed by atoms with Crippen LogP contribution >= 0.6 is 0 Å². The van der Waals surface area contributed by atoms with Gasteiger partial charge in [0.1, 0.15) is 13.2 Å². The normalized spacial score (nSPS) is 12.0. The molecule has 0 heterocycles. The Bertz CT molecular complexity index is 1130. The highest BCUT2D eigenvalue weighted by molar-refractivity contribution is 5.71. The van der Waals surface area contributed by atoms with E-state index in [0.29, 0.717) is 19.3 Å². The highest BCUT2D eigenvalue weighted by Crippen LogP contribution is 2.19. The summed E-state index contributed by atoms with van der Waals surface area (Å²) in [6.45, 7) is 6.62. The Balaban J connectivity index is 3.88. The molecule has 0 rings (SSSR count). The number of hydrogen-bond acceptors (Lipinski definition) is 6. The van der Waals surface area contributed by atoms with Crippen LogP contribution in [0.2, 0.25) is 0 Å². The summed E-state index contributed by atoms with van der Waals surface area (Å²) in [6.07, 6.45) is 74.4. The average molecular weight is 1030 g/mol. The van der Waals surface area contributed by atoms with Crippen molar-refractivity contribution < 1.29 is 28.6 Å². The molecular weight excluding hydrogens is 901 g/mol. The third-order valence-corrected chi connectivity index (χ3v) is 15.3. The van der Waals surface area contributed by atoms with Gasteiger partial charge in [-0.15, -0.1) is 0 Å². The lowest BCUT2D eigenvalue weighted by molar-refractivity contribution is -0.167. The van der Waals surface area contributed by atoms with Gasteiger partial charge in [0, 0.05) is 19.3 Å². The first kappa shape index (κ1) is 71.2. The Morgan fingerprint density at radius 1 is 0.260 bits per heavy atom. The summed E-state index contributed by atoms with van der Waals surface area (Å²) in [5.74, 6) is -0.862. The largest absolute Gasteiger partial charge is 0.462 e. The van der Waals surface area contributed by atoms with Crippen LogP contribution in [-0.2, 0) is 28.6 Å². The van der Waals surface area contributed by atoms with E-state index >= 15 is 0 Å². The van der Waals surface area contributed by atoms with E-state index in [0.717, 1.165) is 64.2 Å². The second-order valence-electron chi connectivity index (χ2n) is 22.7. The molecule has 0 saturated heterocycles. The lowest BCUT2D eigenvalue weighted by Gasteiger charge is -2.18. The molecule has 0 aliphatic heterocycles. The molecule has 0 aromatic carbocycles. The Kier molecular flexibility index (Phi) is 61.1. The molecular formula is C67H128O6. The van der Waals surface area contributed by atoms with Gasteiger partial charge in [-0.3, -0.25) is 14.4 Å².